The van der Waals surface area contributed by atoms with Crippen LogP contribution in [0.25, 0.3) is 11.1 Å². The number of halogens is 3. The first-order valence-electron chi connectivity index (χ1n) is 10.5. The van der Waals surface area contributed by atoms with Gasteiger partial charge in [0.2, 0.25) is 0 Å². The fourth-order valence-electron chi connectivity index (χ4n) is 4.08. The van der Waals surface area contributed by atoms with Crippen molar-refractivity contribution in [3.63, 3.8) is 0 Å². The number of sulfonamides is 1. The largest absolute Gasteiger partial charge is 0.480 e. The number of fused-ring (bicyclic) bond motifs is 3. The molecule has 4 aromatic rings. The quantitative estimate of drug-likeness (QED) is 0.336. The van der Waals surface area contributed by atoms with Crippen molar-refractivity contribution >= 4 is 15.7 Å². The van der Waals surface area contributed by atoms with Gasteiger partial charge >= 0.3 is 6.61 Å². The van der Waals surface area contributed by atoms with Gasteiger partial charge in [0.15, 0.2) is 0 Å². The number of hydrogen-bond acceptors (Lipinski definition) is 4. The minimum atomic E-state index is -4.23. The smallest absolute Gasteiger partial charge is 0.387 e. The van der Waals surface area contributed by atoms with Crippen LogP contribution >= 0.6 is 0 Å². The molecule has 1 unspecified atom stereocenters. The zero-order valence-corrected chi connectivity index (χ0v) is 18.8. The van der Waals surface area contributed by atoms with Crippen LogP contribution in [0.15, 0.2) is 95.9 Å². The third kappa shape index (κ3) is 4.42. The van der Waals surface area contributed by atoms with Crippen molar-refractivity contribution in [3.8, 4) is 22.6 Å². The summed E-state index contributed by atoms with van der Waals surface area (Å²) < 4.78 is 79.3. The van der Waals surface area contributed by atoms with E-state index in [0.29, 0.717) is 22.4 Å². The lowest BCUT2D eigenvalue weighted by Gasteiger charge is -2.30. The lowest BCUT2D eigenvalue weighted by atomic mass is 9.89. The summed E-state index contributed by atoms with van der Waals surface area (Å²) >= 11 is 0. The number of nitrogens with one attached hydrogen (secondary N) is 1. The molecule has 1 N–H and O–H groups in total. The van der Waals surface area contributed by atoms with E-state index >= 15 is 0 Å². The number of alkyl halides is 2. The highest BCUT2D eigenvalue weighted by Gasteiger charge is 2.31. The van der Waals surface area contributed by atoms with Gasteiger partial charge in [-0.2, -0.15) is 8.78 Å². The Morgan fingerprint density at radius 1 is 0.886 bits per heavy atom. The minimum absolute atomic E-state index is 0.0649. The maximum absolute atomic E-state index is 14.1. The van der Waals surface area contributed by atoms with Crippen LogP contribution in [0.4, 0.5) is 18.9 Å². The minimum Gasteiger partial charge on any atom is -0.480 e. The van der Waals surface area contributed by atoms with Crippen LogP contribution in [-0.4, -0.2) is 15.0 Å². The van der Waals surface area contributed by atoms with Crippen LogP contribution in [-0.2, 0) is 10.0 Å². The van der Waals surface area contributed by atoms with E-state index < -0.39 is 33.5 Å². The summed E-state index contributed by atoms with van der Waals surface area (Å²) in [6, 6.07) is 23.5. The van der Waals surface area contributed by atoms with Gasteiger partial charge < -0.3 is 9.47 Å². The average molecular weight is 497 g/mol. The third-order valence-electron chi connectivity index (χ3n) is 5.53. The van der Waals surface area contributed by atoms with Gasteiger partial charge in [-0.05, 0) is 47.5 Å². The highest BCUT2D eigenvalue weighted by Crippen LogP contribution is 2.49. The van der Waals surface area contributed by atoms with Gasteiger partial charge in [0.05, 0.1) is 5.56 Å². The molecule has 1 aliphatic heterocycles. The van der Waals surface area contributed by atoms with E-state index in [1.807, 2.05) is 30.3 Å². The molecular formula is C26H18F3NO4S. The molecule has 0 saturated heterocycles. The monoisotopic (exact) mass is 497 g/mol. The van der Waals surface area contributed by atoms with Gasteiger partial charge in [0.1, 0.15) is 28.3 Å². The second-order valence-corrected chi connectivity index (χ2v) is 9.41. The number of benzene rings is 4. The van der Waals surface area contributed by atoms with Crippen LogP contribution < -0.4 is 14.2 Å². The van der Waals surface area contributed by atoms with E-state index in [1.54, 1.807) is 24.3 Å². The molecule has 0 aromatic heterocycles. The SMILES string of the molecule is O=S(=O)(Nc1ccc2c(c1)C(c1ccccc1)Oc1cccc(OC(F)F)c1-2)c1ccccc1F. The van der Waals surface area contributed by atoms with Crippen molar-refractivity contribution in [1.29, 1.82) is 0 Å². The second-order valence-electron chi connectivity index (χ2n) is 7.75. The Morgan fingerprint density at radius 3 is 2.37 bits per heavy atom. The highest BCUT2D eigenvalue weighted by molar-refractivity contribution is 7.92. The van der Waals surface area contributed by atoms with E-state index in [4.69, 9.17) is 9.47 Å². The van der Waals surface area contributed by atoms with E-state index in [2.05, 4.69) is 4.72 Å². The molecule has 35 heavy (non-hydrogen) atoms. The summed E-state index contributed by atoms with van der Waals surface area (Å²) in [5.41, 5.74) is 2.34. The van der Waals surface area contributed by atoms with Crippen molar-refractivity contribution in [2.45, 2.75) is 17.6 Å². The molecular weight excluding hydrogens is 479 g/mol. The predicted molar refractivity (Wildman–Crippen MR) is 125 cm³/mol. The highest BCUT2D eigenvalue weighted by atomic mass is 32.2. The molecule has 5 nitrogen and oxygen atoms in total. The van der Waals surface area contributed by atoms with Crippen molar-refractivity contribution in [2.75, 3.05) is 4.72 Å². The van der Waals surface area contributed by atoms with Crippen LogP contribution in [0.5, 0.6) is 11.5 Å². The number of hydrogen-bond donors (Lipinski definition) is 1. The average Bonchev–Trinajstić information content (AvgIpc) is 2.83. The van der Waals surface area contributed by atoms with Gasteiger partial charge in [-0.1, -0.05) is 54.6 Å². The topological polar surface area (TPSA) is 64.6 Å². The summed E-state index contributed by atoms with van der Waals surface area (Å²) in [5, 5.41) is 0. The molecule has 0 saturated carbocycles. The van der Waals surface area contributed by atoms with Crippen molar-refractivity contribution in [1.82, 2.24) is 0 Å². The van der Waals surface area contributed by atoms with Crippen molar-refractivity contribution in [3.05, 3.63) is 108 Å². The summed E-state index contributed by atoms with van der Waals surface area (Å²) in [4.78, 5) is -0.494. The lowest BCUT2D eigenvalue weighted by Crippen LogP contribution is -2.18. The van der Waals surface area contributed by atoms with Crippen molar-refractivity contribution in [2.24, 2.45) is 0 Å². The Balaban J connectivity index is 1.63. The molecule has 4 aromatic carbocycles. The summed E-state index contributed by atoms with van der Waals surface area (Å²) in [6.45, 7) is -3.04. The zero-order chi connectivity index (χ0) is 24.6. The Hall–Kier alpha value is -3.98. The van der Waals surface area contributed by atoms with E-state index in [1.165, 1.54) is 24.3 Å². The first-order chi connectivity index (χ1) is 16.8. The molecule has 1 heterocycles. The van der Waals surface area contributed by atoms with E-state index in [-0.39, 0.29) is 11.4 Å². The normalized spacial score (nSPS) is 14.6. The standard InChI is InChI=1S/C26H18F3NO4S/c27-20-9-4-5-12-23(20)35(31,32)30-17-13-14-18-19(15-17)25(16-7-2-1-3-8-16)33-21-10-6-11-22(24(18)21)34-26(28)29/h1-15,25-26,30H. The lowest BCUT2D eigenvalue weighted by molar-refractivity contribution is -0.0496. The molecule has 178 valence electrons. The molecule has 0 fully saturated rings. The van der Waals surface area contributed by atoms with E-state index in [0.717, 1.165) is 17.7 Å². The van der Waals surface area contributed by atoms with Crippen molar-refractivity contribution < 1.29 is 31.1 Å². The molecule has 0 aliphatic carbocycles. The molecule has 1 aliphatic rings. The molecule has 9 heteroatoms. The van der Waals surface area contributed by atoms with Gasteiger partial charge in [0.25, 0.3) is 10.0 Å². The summed E-state index contributed by atoms with van der Waals surface area (Å²) in [6.07, 6.45) is -0.654. The second kappa shape index (κ2) is 8.99. The van der Waals surface area contributed by atoms with Crippen LogP contribution in [0.1, 0.15) is 17.2 Å². The number of rotatable bonds is 6. The fourth-order valence-corrected chi connectivity index (χ4v) is 5.21. The Morgan fingerprint density at radius 2 is 1.63 bits per heavy atom. The van der Waals surface area contributed by atoms with Crippen LogP contribution in [0.3, 0.4) is 0 Å². The predicted octanol–water partition coefficient (Wildman–Crippen LogP) is 6.38. The first-order valence-corrected chi connectivity index (χ1v) is 12.0. The maximum Gasteiger partial charge on any atom is 0.387 e. The van der Waals surface area contributed by atoms with Gasteiger partial charge in [-0.25, -0.2) is 12.8 Å². The Kier molecular flexibility index (Phi) is 5.86. The van der Waals surface area contributed by atoms with Gasteiger partial charge in [-0.15, -0.1) is 0 Å². The molecule has 0 radical (unpaired) electrons. The van der Waals surface area contributed by atoms with E-state index in [9.17, 15) is 21.6 Å². The molecule has 0 amide bonds. The summed E-state index contributed by atoms with van der Waals surface area (Å²) in [7, 11) is -4.23. The molecule has 0 bridgehead atoms. The first kappa shape index (κ1) is 22.8. The molecule has 1 atom stereocenters. The third-order valence-corrected chi connectivity index (χ3v) is 6.95. The van der Waals surface area contributed by atoms with Gasteiger partial charge in [-0.3, -0.25) is 4.72 Å². The van der Waals surface area contributed by atoms with Gasteiger partial charge in [0, 0.05) is 11.3 Å². The number of ether oxygens (including phenoxy) is 2. The maximum atomic E-state index is 14.1. The fraction of sp³-hybridized carbons (Fsp3) is 0.0769. The van der Waals surface area contributed by atoms with Crippen LogP contribution in [0.2, 0.25) is 0 Å². The number of anilines is 1. The molecule has 0 spiro atoms. The Labute approximate surface area is 199 Å². The summed E-state index contributed by atoms with van der Waals surface area (Å²) in [5.74, 6) is -0.597. The zero-order valence-electron chi connectivity index (χ0n) is 18.0. The van der Waals surface area contributed by atoms with Crippen LogP contribution in [0, 0.1) is 5.82 Å². The Bertz CT molecular complexity index is 1490. The molecule has 5 rings (SSSR count).